The fourth-order valence-electron chi connectivity index (χ4n) is 1.48. The van der Waals surface area contributed by atoms with Crippen molar-refractivity contribution in [3.05, 3.63) is 29.8 Å². The van der Waals surface area contributed by atoms with Gasteiger partial charge in [-0.15, -0.1) is 0 Å². The van der Waals surface area contributed by atoms with E-state index in [1.165, 1.54) is 5.56 Å². The Labute approximate surface area is 103 Å². The predicted octanol–water partition coefficient (Wildman–Crippen LogP) is 2.40. The standard InChI is InChI=1S/C14H21NO2/c1-4-11(2)14(16)15-10-9-12-5-7-13(17-3)8-6-12/h5-8,11H,4,9-10H2,1-3H3,(H,15,16). The minimum absolute atomic E-state index is 0.103. The van der Waals surface area contributed by atoms with Gasteiger partial charge in [-0.25, -0.2) is 0 Å². The number of rotatable bonds is 6. The Balaban J connectivity index is 2.33. The van der Waals surface area contributed by atoms with Gasteiger partial charge in [0.1, 0.15) is 5.75 Å². The molecule has 0 aliphatic carbocycles. The molecule has 0 saturated heterocycles. The molecule has 1 aromatic carbocycles. The van der Waals surface area contributed by atoms with E-state index in [9.17, 15) is 4.79 Å². The number of nitrogens with one attached hydrogen (secondary N) is 1. The van der Waals surface area contributed by atoms with E-state index < -0.39 is 0 Å². The molecule has 3 nitrogen and oxygen atoms in total. The number of carbonyl (C=O) groups is 1. The van der Waals surface area contributed by atoms with E-state index in [0.717, 1.165) is 18.6 Å². The van der Waals surface area contributed by atoms with Gasteiger partial charge >= 0.3 is 0 Å². The molecular weight excluding hydrogens is 214 g/mol. The molecule has 0 saturated carbocycles. The van der Waals surface area contributed by atoms with Crippen molar-refractivity contribution in [3.8, 4) is 5.75 Å². The van der Waals surface area contributed by atoms with E-state index in [4.69, 9.17) is 4.74 Å². The van der Waals surface area contributed by atoms with Gasteiger partial charge in [0.25, 0.3) is 0 Å². The van der Waals surface area contributed by atoms with Crippen molar-refractivity contribution in [1.82, 2.24) is 5.32 Å². The average Bonchev–Trinajstić information content (AvgIpc) is 2.38. The fraction of sp³-hybridized carbons (Fsp3) is 0.500. The predicted molar refractivity (Wildman–Crippen MR) is 69.2 cm³/mol. The fourth-order valence-corrected chi connectivity index (χ4v) is 1.48. The van der Waals surface area contributed by atoms with Gasteiger partial charge in [0, 0.05) is 12.5 Å². The van der Waals surface area contributed by atoms with Crippen LogP contribution in [-0.2, 0) is 11.2 Å². The van der Waals surface area contributed by atoms with Crippen LogP contribution >= 0.6 is 0 Å². The maximum Gasteiger partial charge on any atom is 0.222 e. The van der Waals surface area contributed by atoms with Crippen molar-refractivity contribution in [2.75, 3.05) is 13.7 Å². The smallest absolute Gasteiger partial charge is 0.222 e. The zero-order valence-electron chi connectivity index (χ0n) is 10.8. The van der Waals surface area contributed by atoms with Crippen molar-refractivity contribution in [2.24, 2.45) is 5.92 Å². The van der Waals surface area contributed by atoms with Crippen LogP contribution < -0.4 is 10.1 Å². The van der Waals surface area contributed by atoms with E-state index in [1.54, 1.807) is 7.11 Å². The lowest BCUT2D eigenvalue weighted by Gasteiger charge is -2.10. The van der Waals surface area contributed by atoms with Gasteiger partial charge in [0.15, 0.2) is 0 Å². The molecule has 0 heterocycles. The highest BCUT2D eigenvalue weighted by atomic mass is 16.5. The van der Waals surface area contributed by atoms with Gasteiger partial charge in [-0.05, 0) is 30.5 Å². The SMILES string of the molecule is CCC(C)C(=O)NCCc1ccc(OC)cc1. The van der Waals surface area contributed by atoms with Crippen LogP contribution in [0.1, 0.15) is 25.8 Å². The molecule has 0 aliphatic rings. The van der Waals surface area contributed by atoms with Crippen LogP contribution in [0.25, 0.3) is 0 Å². The summed E-state index contributed by atoms with van der Waals surface area (Å²) in [5.41, 5.74) is 1.20. The number of benzene rings is 1. The second-order valence-corrected chi connectivity index (χ2v) is 4.20. The summed E-state index contributed by atoms with van der Waals surface area (Å²) in [5.74, 6) is 1.10. The average molecular weight is 235 g/mol. The molecule has 0 spiro atoms. The zero-order valence-corrected chi connectivity index (χ0v) is 10.8. The molecule has 0 bridgehead atoms. The van der Waals surface area contributed by atoms with Gasteiger partial charge in [-0.3, -0.25) is 4.79 Å². The Bertz CT molecular complexity index is 346. The van der Waals surface area contributed by atoms with Crippen LogP contribution in [0.3, 0.4) is 0 Å². The lowest BCUT2D eigenvalue weighted by atomic mass is 10.1. The van der Waals surface area contributed by atoms with Gasteiger partial charge in [-0.2, -0.15) is 0 Å². The van der Waals surface area contributed by atoms with Crippen LogP contribution in [0.5, 0.6) is 5.75 Å². The molecule has 1 unspecified atom stereocenters. The monoisotopic (exact) mass is 235 g/mol. The minimum Gasteiger partial charge on any atom is -0.497 e. The summed E-state index contributed by atoms with van der Waals surface area (Å²) in [6.45, 7) is 4.66. The second kappa shape index (κ2) is 6.94. The Morgan fingerprint density at radius 2 is 2.00 bits per heavy atom. The summed E-state index contributed by atoms with van der Waals surface area (Å²) in [4.78, 5) is 11.5. The normalized spacial score (nSPS) is 11.9. The molecule has 1 N–H and O–H groups in total. The number of amides is 1. The maximum atomic E-state index is 11.5. The maximum absolute atomic E-state index is 11.5. The number of ether oxygens (including phenoxy) is 1. The van der Waals surface area contributed by atoms with Crippen molar-refractivity contribution in [1.29, 1.82) is 0 Å². The quantitative estimate of drug-likeness (QED) is 0.822. The first-order valence-corrected chi connectivity index (χ1v) is 6.08. The Morgan fingerprint density at radius 1 is 1.35 bits per heavy atom. The molecule has 0 aromatic heterocycles. The summed E-state index contributed by atoms with van der Waals surface area (Å²) in [6.07, 6.45) is 1.74. The molecule has 94 valence electrons. The van der Waals surface area contributed by atoms with E-state index in [1.807, 2.05) is 38.1 Å². The number of hydrogen-bond acceptors (Lipinski definition) is 2. The first-order valence-electron chi connectivity index (χ1n) is 6.08. The highest BCUT2D eigenvalue weighted by Crippen LogP contribution is 2.11. The summed E-state index contributed by atoms with van der Waals surface area (Å²) < 4.78 is 5.09. The lowest BCUT2D eigenvalue weighted by Crippen LogP contribution is -2.30. The van der Waals surface area contributed by atoms with Gasteiger partial charge in [0.2, 0.25) is 5.91 Å². The second-order valence-electron chi connectivity index (χ2n) is 4.20. The van der Waals surface area contributed by atoms with Gasteiger partial charge in [0.05, 0.1) is 7.11 Å². The van der Waals surface area contributed by atoms with Crippen LogP contribution in [0.4, 0.5) is 0 Å². The molecule has 0 radical (unpaired) electrons. The van der Waals surface area contributed by atoms with Gasteiger partial charge < -0.3 is 10.1 Å². The largest absolute Gasteiger partial charge is 0.497 e. The van der Waals surface area contributed by atoms with E-state index in [-0.39, 0.29) is 11.8 Å². The summed E-state index contributed by atoms with van der Waals surface area (Å²) in [7, 11) is 1.65. The first kappa shape index (κ1) is 13.6. The zero-order chi connectivity index (χ0) is 12.7. The molecule has 1 atom stereocenters. The third kappa shape index (κ3) is 4.47. The highest BCUT2D eigenvalue weighted by Gasteiger charge is 2.08. The summed E-state index contributed by atoms with van der Waals surface area (Å²) >= 11 is 0. The third-order valence-electron chi connectivity index (χ3n) is 2.93. The number of hydrogen-bond donors (Lipinski definition) is 1. The summed E-state index contributed by atoms with van der Waals surface area (Å²) in [5, 5.41) is 2.94. The van der Waals surface area contributed by atoms with Crippen LogP contribution in [-0.4, -0.2) is 19.6 Å². The molecule has 17 heavy (non-hydrogen) atoms. The first-order chi connectivity index (χ1) is 8.17. The number of carbonyl (C=O) groups excluding carboxylic acids is 1. The molecule has 1 aromatic rings. The van der Waals surface area contributed by atoms with Crippen molar-refractivity contribution in [3.63, 3.8) is 0 Å². The lowest BCUT2D eigenvalue weighted by molar-refractivity contribution is -0.124. The molecule has 0 aliphatic heterocycles. The van der Waals surface area contributed by atoms with E-state index in [2.05, 4.69) is 5.32 Å². The van der Waals surface area contributed by atoms with E-state index in [0.29, 0.717) is 6.54 Å². The Hall–Kier alpha value is -1.51. The van der Waals surface area contributed by atoms with Crippen molar-refractivity contribution in [2.45, 2.75) is 26.7 Å². The van der Waals surface area contributed by atoms with Crippen LogP contribution in [0.2, 0.25) is 0 Å². The van der Waals surface area contributed by atoms with Crippen LogP contribution in [0, 0.1) is 5.92 Å². The molecular formula is C14H21NO2. The topological polar surface area (TPSA) is 38.3 Å². The molecule has 3 heteroatoms. The van der Waals surface area contributed by atoms with Crippen molar-refractivity contribution < 1.29 is 9.53 Å². The minimum atomic E-state index is 0.103. The Morgan fingerprint density at radius 3 is 2.53 bits per heavy atom. The molecule has 0 fully saturated rings. The molecule has 1 rings (SSSR count). The van der Waals surface area contributed by atoms with Gasteiger partial charge in [-0.1, -0.05) is 26.0 Å². The summed E-state index contributed by atoms with van der Waals surface area (Å²) in [6, 6.07) is 7.92. The highest BCUT2D eigenvalue weighted by molar-refractivity contribution is 5.78. The van der Waals surface area contributed by atoms with Crippen LogP contribution in [0.15, 0.2) is 24.3 Å². The third-order valence-corrected chi connectivity index (χ3v) is 2.93. The van der Waals surface area contributed by atoms with E-state index >= 15 is 0 Å². The number of methoxy groups -OCH3 is 1. The van der Waals surface area contributed by atoms with Crippen molar-refractivity contribution >= 4 is 5.91 Å². The Kier molecular flexibility index (Phi) is 5.53. The molecule has 1 amide bonds.